The number of nitrogens with one attached hydrogen (secondary N) is 1. The lowest BCUT2D eigenvalue weighted by Crippen LogP contribution is -2.12. The summed E-state index contributed by atoms with van der Waals surface area (Å²) in [6, 6.07) is 8.34. The van der Waals surface area contributed by atoms with E-state index in [9.17, 15) is 18.0 Å². The average Bonchev–Trinajstić information content (AvgIpc) is 2.44. The second-order valence-electron chi connectivity index (χ2n) is 4.98. The summed E-state index contributed by atoms with van der Waals surface area (Å²) >= 11 is 0. The van der Waals surface area contributed by atoms with Gasteiger partial charge >= 0.3 is 0 Å². The molecule has 5 heteroatoms. The number of hydrogen-bond acceptors (Lipinski definition) is 1. The standard InChI is InChI=1S/C16H14F3NO/c1-9(2)10-3-5-11(6-4-10)16(21)20-12-7-13(17)15(19)14(18)8-12/h3-9H,1-2H3,(H,20,21). The van der Waals surface area contributed by atoms with E-state index >= 15 is 0 Å². The van der Waals surface area contributed by atoms with Gasteiger partial charge in [-0.25, -0.2) is 13.2 Å². The van der Waals surface area contributed by atoms with Gasteiger partial charge in [-0.2, -0.15) is 0 Å². The van der Waals surface area contributed by atoms with E-state index in [1.807, 2.05) is 26.0 Å². The van der Waals surface area contributed by atoms with Crippen LogP contribution in [0.15, 0.2) is 36.4 Å². The topological polar surface area (TPSA) is 29.1 Å². The molecule has 0 aliphatic heterocycles. The fourth-order valence-corrected chi connectivity index (χ4v) is 1.85. The molecular formula is C16H14F3NO. The first-order valence-corrected chi connectivity index (χ1v) is 6.44. The average molecular weight is 293 g/mol. The molecule has 1 N–H and O–H groups in total. The molecule has 2 aromatic carbocycles. The van der Waals surface area contributed by atoms with Crippen molar-refractivity contribution in [3.05, 3.63) is 65.0 Å². The van der Waals surface area contributed by atoms with Gasteiger partial charge in [0.25, 0.3) is 5.91 Å². The van der Waals surface area contributed by atoms with E-state index in [2.05, 4.69) is 5.32 Å². The molecule has 110 valence electrons. The van der Waals surface area contributed by atoms with Gasteiger partial charge in [-0.3, -0.25) is 4.79 Å². The molecular weight excluding hydrogens is 279 g/mol. The second-order valence-corrected chi connectivity index (χ2v) is 4.98. The fraction of sp³-hybridized carbons (Fsp3) is 0.188. The maximum atomic E-state index is 13.1. The van der Waals surface area contributed by atoms with Crippen LogP contribution >= 0.6 is 0 Å². The first-order valence-electron chi connectivity index (χ1n) is 6.44. The molecule has 0 aliphatic carbocycles. The third-order valence-corrected chi connectivity index (χ3v) is 3.08. The third-order valence-electron chi connectivity index (χ3n) is 3.08. The number of benzene rings is 2. The first kappa shape index (κ1) is 15.1. The van der Waals surface area contributed by atoms with Crippen LogP contribution in [0.4, 0.5) is 18.9 Å². The Morgan fingerprint density at radius 2 is 1.52 bits per heavy atom. The van der Waals surface area contributed by atoms with Crippen molar-refractivity contribution >= 4 is 11.6 Å². The van der Waals surface area contributed by atoms with E-state index in [0.29, 0.717) is 11.5 Å². The third kappa shape index (κ3) is 3.42. The van der Waals surface area contributed by atoms with Gasteiger partial charge in [0.2, 0.25) is 0 Å². The van der Waals surface area contributed by atoms with Crippen molar-refractivity contribution in [1.29, 1.82) is 0 Å². The van der Waals surface area contributed by atoms with Gasteiger partial charge in [-0.05, 0) is 23.6 Å². The van der Waals surface area contributed by atoms with Gasteiger partial charge in [0.15, 0.2) is 17.5 Å². The Balaban J connectivity index is 2.18. The van der Waals surface area contributed by atoms with Crippen LogP contribution in [0, 0.1) is 17.5 Å². The molecule has 0 radical (unpaired) electrons. The van der Waals surface area contributed by atoms with E-state index in [1.165, 1.54) is 0 Å². The van der Waals surface area contributed by atoms with Crippen molar-refractivity contribution in [3.8, 4) is 0 Å². The number of anilines is 1. The van der Waals surface area contributed by atoms with Crippen LogP contribution in [0.2, 0.25) is 0 Å². The summed E-state index contributed by atoms with van der Waals surface area (Å²) < 4.78 is 39.0. The Bertz CT molecular complexity index is 643. The number of carbonyl (C=O) groups is 1. The highest BCUT2D eigenvalue weighted by atomic mass is 19.2. The van der Waals surface area contributed by atoms with Crippen molar-refractivity contribution < 1.29 is 18.0 Å². The fourth-order valence-electron chi connectivity index (χ4n) is 1.85. The highest BCUT2D eigenvalue weighted by Crippen LogP contribution is 2.19. The lowest BCUT2D eigenvalue weighted by molar-refractivity contribution is 0.102. The molecule has 0 unspecified atom stereocenters. The van der Waals surface area contributed by atoms with Crippen LogP contribution in [0.3, 0.4) is 0 Å². The van der Waals surface area contributed by atoms with Crippen molar-refractivity contribution in [1.82, 2.24) is 0 Å². The Kier molecular flexibility index (Phi) is 4.31. The number of carbonyl (C=O) groups excluding carboxylic acids is 1. The largest absolute Gasteiger partial charge is 0.322 e. The highest BCUT2D eigenvalue weighted by Gasteiger charge is 2.13. The van der Waals surface area contributed by atoms with Gasteiger partial charge in [-0.15, -0.1) is 0 Å². The zero-order chi connectivity index (χ0) is 15.6. The molecule has 0 bridgehead atoms. The van der Waals surface area contributed by atoms with Crippen molar-refractivity contribution in [2.75, 3.05) is 5.32 Å². The van der Waals surface area contributed by atoms with Crippen molar-refractivity contribution in [3.63, 3.8) is 0 Å². The predicted octanol–water partition coefficient (Wildman–Crippen LogP) is 4.48. The normalized spacial score (nSPS) is 10.8. The molecule has 0 aromatic heterocycles. The maximum absolute atomic E-state index is 13.1. The van der Waals surface area contributed by atoms with Gasteiger partial charge in [0.05, 0.1) is 0 Å². The molecule has 0 atom stereocenters. The Hall–Kier alpha value is -2.30. The van der Waals surface area contributed by atoms with Crippen LogP contribution in [0.25, 0.3) is 0 Å². The van der Waals surface area contributed by atoms with Gasteiger partial charge in [-0.1, -0.05) is 26.0 Å². The quantitative estimate of drug-likeness (QED) is 0.831. The van der Waals surface area contributed by atoms with Crippen molar-refractivity contribution in [2.24, 2.45) is 0 Å². The van der Waals surface area contributed by atoms with Crippen LogP contribution in [0.5, 0.6) is 0 Å². The summed E-state index contributed by atoms with van der Waals surface area (Å²) in [5.74, 6) is -4.44. The molecule has 0 saturated heterocycles. The summed E-state index contributed by atoms with van der Waals surface area (Å²) in [5, 5.41) is 2.33. The van der Waals surface area contributed by atoms with Gasteiger partial charge in [0.1, 0.15) is 0 Å². The van der Waals surface area contributed by atoms with Crippen LogP contribution in [-0.4, -0.2) is 5.91 Å². The van der Waals surface area contributed by atoms with E-state index in [-0.39, 0.29) is 5.69 Å². The Morgan fingerprint density at radius 1 is 1.00 bits per heavy atom. The molecule has 0 fully saturated rings. The molecule has 2 rings (SSSR count). The maximum Gasteiger partial charge on any atom is 0.255 e. The summed E-state index contributed by atoms with van der Waals surface area (Å²) in [4.78, 5) is 12.0. The van der Waals surface area contributed by atoms with Crippen LogP contribution in [0.1, 0.15) is 35.7 Å². The summed E-state index contributed by atoms with van der Waals surface area (Å²) in [6.45, 7) is 4.05. The lowest BCUT2D eigenvalue weighted by atomic mass is 10.0. The van der Waals surface area contributed by atoms with E-state index in [1.54, 1.807) is 12.1 Å². The molecule has 0 saturated carbocycles. The minimum atomic E-state index is -1.56. The summed E-state index contributed by atoms with van der Waals surface area (Å²) in [6.07, 6.45) is 0. The van der Waals surface area contributed by atoms with E-state index in [0.717, 1.165) is 17.7 Å². The smallest absolute Gasteiger partial charge is 0.255 e. The number of amides is 1. The van der Waals surface area contributed by atoms with E-state index in [4.69, 9.17) is 0 Å². The Labute approximate surface area is 120 Å². The second kappa shape index (κ2) is 5.99. The molecule has 21 heavy (non-hydrogen) atoms. The van der Waals surface area contributed by atoms with Gasteiger partial charge < -0.3 is 5.32 Å². The zero-order valence-corrected chi connectivity index (χ0v) is 11.6. The summed E-state index contributed by atoms with van der Waals surface area (Å²) in [7, 11) is 0. The predicted molar refractivity (Wildman–Crippen MR) is 74.8 cm³/mol. The lowest BCUT2D eigenvalue weighted by Gasteiger charge is -2.08. The number of hydrogen-bond donors (Lipinski definition) is 1. The summed E-state index contributed by atoms with van der Waals surface area (Å²) in [5.41, 5.74) is 1.29. The van der Waals surface area contributed by atoms with Crippen LogP contribution < -0.4 is 5.32 Å². The van der Waals surface area contributed by atoms with E-state index < -0.39 is 23.4 Å². The highest BCUT2D eigenvalue weighted by molar-refractivity contribution is 6.04. The molecule has 0 heterocycles. The molecule has 0 spiro atoms. The zero-order valence-electron chi connectivity index (χ0n) is 11.6. The molecule has 0 aliphatic rings. The molecule has 1 amide bonds. The Morgan fingerprint density at radius 3 is 2.00 bits per heavy atom. The van der Waals surface area contributed by atoms with Crippen molar-refractivity contribution in [2.45, 2.75) is 19.8 Å². The van der Waals surface area contributed by atoms with Gasteiger partial charge in [0, 0.05) is 23.4 Å². The monoisotopic (exact) mass is 293 g/mol. The number of halogens is 3. The minimum Gasteiger partial charge on any atom is -0.322 e. The van der Waals surface area contributed by atoms with Crippen LogP contribution in [-0.2, 0) is 0 Å². The molecule has 2 aromatic rings. The number of rotatable bonds is 3. The minimum absolute atomic E-state index is 0.135. The first-order chi connectivity index (χ1) is 9.88. The molecule has 2 nitrogen and oxygen atoms in total. The SMILES string of the molecule is CC(C)c1ccc(C(=O)Nc2cc(F)c(F)c(F)c2)cc1.